The predicted octanol–water partition coefficient (Wildman–Crippen LogP) is 2.51. The van der Waals surface area contributed by atoms with Gasteiger partial charge in [-0.15, -0.1) is 0 Å². The van der Waals surface area contributed by atoms with Gasteiger partial charge in [0.2, 0.25) is 0 Å². The summed E-state index contributed by atoms with van der Waals surface area (Å²) in [5.41, 5.74) is 0.723. The molecular weight excluding hydrogens is 398 g/mol. The summed E-state index contributed by atoms with van der Waals surface area (Å²) in [7, 11) is 0. The van der Waals surface area contributed by atoms with Crippen LogP contribution in [0.4, 0.5) is 11.6 Å². The molecule has 3 N–H and O–H groups in total. The Morgan fingerprint density at radius 1 is 1.19 bits per heavy atom. The van der Waals surface area contributed by atoms with Gasteiger partial charge in [0.05, 0.1) is 17.7 Å². The number of carboxylic acid groups (broad SMARTS) is 1. The van der Waals surface area contributed by atoms with Crippen molar-refractivity contribution < 1.29 is 19.8 Å². The Kier molecular flexibility index (Phi) is 5.36. The summed E-state index contributed by atoms with van der Waals surface area (Å²) >= 11 is 0. The summed E-state index contributed by atoms with van der Waals surface area (Å²) in [4.78, 5) is 30.6. The highest BCUT2D eigenvalue weighted by Crippen LogP contribution is 2.26. The molecule has 4 rings (SSSR count). The van der Waals surface area contributed by atoms with Crippen molar-refractivity contribution in [1.82, 2.24) is 14.6 Å². The van der Waals surface area contributed by atoms with Gasteiger partial charge in [0.1, 0.15) is 11.6 Å². The molecule has 9 heteroatoms. The first kappa shape index (κ1) is 20.8. The molecule has 3 heterocycles. The van der Waals surface area contributed by atoms with Gasteiger partial charge in [0.15, 0.2) is 5.65 Å². The fourth-order valence-corrected chi connectivity index (χ4v) is 3.79. The van der Waals surface area contributed by atoms with Crippen LogP contribution >= 0.6 is 0 Å². The smallest absolute Gasteiger partial charge is 0.308 e. The highest BCUT2D eigenvalue weighted by molar-refractivity contribution is 6.04. The lowest BCUT2D eigenvalue weighted by molar-refractivity contribution is -0.141. The zero-order valence-electron chi connectivity index (χ0n) is 17.4. The lowest BCUT2D eigenvalue weighted by Crippen LogP contribution is -2.39. The van der Waals surface area contributed by atoms with Crippen LogP contribution in [-0.4, -0.2) is 49.8 Å². The molecule has 0 spiro atoms. The maximum atomic E-state index is 12.8. The van der Waals surface area contributed by atoms with E-state index in [1.54, 1.807) is 61.0 Å². The molecular formula is C22H25N5O4. The number of piperidine rings is 1. The molecule has 1 aliphatic heterocycles. The van der Waals surface area contributed by atoms with E-state index < -0.39 is 17.5 Å². The second kappa shape index (κ2) is 7.99. The summed E-state index contributed by atoms with van der Waals surface area (Å²) in [6, 6.07) is 10.2. The van der Waals surface area contributed by atoms with Crippen LogP contribution in [0.25, 0.3) is 5.65 Å². The van der Waals surface area contributed by atoms with Crippen molar-refractivity contribution in [1.29, 1.82) is 0 Å². The third-order valence-electron chi connectivity index (χ3n) is 5.53. The van der Waals surface area contributed by atoms with E-state index in [-0.39, 0.29) is 5.91 Å². The molecule has 3 aromatic rings. The first-order valence-electron chi connectivity index (χ1n) is 10.2. The fourth-order valence-electron chi connectivity index (χ4n) is 3.79. The van der Waals surface area contributed by atoms with Gasteiger partial charge in [0.25, 0.3) is 5.91 Å². The van der Waals surface area contributed by atoms with Crippen molar-refractivity contribution in [3.8, 4) is 0 Å². The molecule has 0 saturated carbocycles. The van der Waals surface area contributed by atoms with Gasteiger partial charge in [0, 0.05) is 30.8 Å². The van der Waals surface area contributed by atoms with Gasteiger partial charge in [-0.05, 0) is 44.4 Å². The molecule has 1 atom stereocenters. The van der Waals surface area contributed by atoms with Gasteiger partial charge in [-0.3, -0.25) is 9.59 Å². The molecule has 1 aromatic carbocycles. The van der Waals surface area contributed by atoms with E-state index in [2.05, 4.69) is 15.4 Å². The number of amides is 1. The molecule has 0 aliphatic carbocycles. The Bertz CT molecular complexity index is 1120. The molecule has 0 bridgehead atoms. The third-order valence-corrected chi connectivity index (χ3v) is 5.53. The highest BCUT2D eigenvalue weighted by atomic mass is 16.4. The Morgan fingerprint density at radius 3 is 2.61 bits per heavy atom. The standard InChI is InChI=1S/C22H25N5O4/c1-22(2,31)16-7-5-14(6-8-16)20(28)25-17-12-19(27-18(24-17)9-10-23-27)26-11-3-4-15(13-26)21(29)30/h5-10,12,15,31H,3-4,11,13H2,1-2H3,(H,29,30)(H,24,25,28)/t15-/m0/s1. The average Bonchev–Trinajstić information content (AvgIpc) is 3.21. The van der Waals surface area contributed by atoms with E-state index in [0.29, 0.717) is 47.9 Å². The molecule has 1 aliphatic rings. The van der Waals surface area contributed by atoms with Gasteiger partial charge in [-0.1, -0.05) is 12.1 Å². The minimum Gasteiger partial charge on any atom is -0.481 e. The summed E-state index contributed by atoms with van der Waals surface area (Å²) in [6.45, 7) is 4.45. The van der Waals surface area contributed by atoms with Crippen molar-refractivity contribution in [2.45, 2.75) is 32.3 Å². The number of nitrogens with zero attached hydrogens (tertiary/aromatic N) is 4. The molecule has 162 valence electrons. The number of hydrogen-bond acceptors (Lipinski definition) is 6. The van der Waals surface area contributed by atoms with Gasteiger partial charge >= 0.3 is 5.97 Å². The van der Waals surface area contributed by atoms with E-state index in [1.165, 1.54) is 0 Å². The first-order valence-corrected chi connectivity index (χ1v) is 10.2. The lowest BCUT2D eigenvalue weighted by atomic mass is 9.97. The van der Waals surface area contributed by atoms with Crippen LogP contribution in [0.15, 0.2) is 42.6 Å². The number of aromatic nitrogens is 3. The quantitative estimate of drug-likeness (QED) is 0.577. The minimum absolute atomic E-state index is 0.327. The van der Waals surface area contributed by atoms with E-state index in [9.17, 15) is 19.8 Å². The van der Waals surface area contributed by atoms with Crippen molar-refractivity contribution in [3.05, 3.63) is 53.7 Å². The van der Waals surface area contributed by atoms with Crippen LogP contribution in [0.2, 0.25) is 0 Å². The van der Waals surface area contributed by atoms with Crippen LogP contribution in [0.3, 0.4) is 0 Å². The Labute approximate surface area is 179 Å². The van der Waals surface area contributed by atoms with Crippen molar-refractivity contribution in [2.24, 2.45) is 5.92 Å². The third kappa shape index (κ3) is 4.36. The van der Waals surface area contributed by atoms with Crippen LogP contribution < -0.4 is 10.2 Å². The zero-order chi connectivity index (χ0) is 22.2. The number of aliphatic carboxylic acids is 1. The second-order valence-corrected chi connectivity index (χ2v) is 8.31. The lowest BCUT2D eigenvalue weighted by Gasteiger charge is -2.32. The van der Waals surface area contributed by atoms with Gasteiger partial charge in [-0.25, -0.2) is 4.98 Å². The Hall–Kier alpha value is -3.46. The number of carbonyl (C=O) groups excluding carboxylic acids is 1. The fraction of sp³-hybridized carbons (Fsp3) is 0.364. The maximum Gasteiger partial charge on any atom is 0.308 e. The number of anilines is 2. The van der Waals surface area contributed by atoms with Crippen molar-refractivity contribution in [3.63, 3.8) is 0 Å². The SMILES string of the molecule is CC(C)(O)c1ccc(C(=O)Nc2cc(N3CCC[C@H](C(=O)O)C3)n3nccc3n2)cc1. The number of hydrogen-bond donors (Lipinski definition) is 3. The molecule has 2 aromatic heterocycles. The predicted molar refractivity (Wildman–Crippen MR) is 115 cm³/mol. The topological polar surface area (TPSA) is 120 Å². The van der Waals surface area contributed by atoms with Crippen molar-refractivity contribution >= 4 is 29.2 Å². The number of fused-ring (bicyclic) bond motifs is 1. The van der Waals surface area contributed by atoms with Gasteiger partial charge < -0.3 is 20.4 Å². The summed E-state index contributed by atoms with van der Waals surface area (Å²) in [5.74, 6) is -0.532. The zero-order valence-corrected chi connectivity index (χ0v) is 17.4. The van der Waals surface area contributed by atoms with Crippen LogP contribution in [0, 0.1) is 5.92 Å². The largest absolute Gasteiger partial charge is 0.481 e. The summed E-state index contributed by atoms with van der Waals surface area (Å²) in [5, 5.41) is 26.6. The molecule has 1 fully saturated rings. The van der Waals surface area contributed by atoms with Crippen molar-refractivity contribution in [2.75, 3.05) is 23.3 Å². The Morgan fingerprint density at radius 2 is 1.94 bits per heavy atom. The average molecular weight is 423 g/mol. The number of carbonyl (C=O) groups is 2. The molecule has 1 saturated heterocycles. The molecule has 0 unspecified atom stereocenters. The summed E-state index contributed by atoms with van der Waals surface area (Å²) in [6.07, 6.45) is 3.02. The number of rotatable bonds is 5. The normalized spacial score (nSPS) is 17.0. The van der Waals surface area contributed by atoms with E-state index >= 15 is 0 Å². The molecule has 1 amide bonds. The van der Waals surface area contributed by atoms with E-state index in [0.717, 1.165) is 6.42 Å². The molecule has 9 nitrogen and oxygen atoms in total. The first-order chi connectivity index (χ1) is 14.7. The monoisotopic (exact) mass is 423 g/mol. The number of benzene rings is 1. The highest BCUT2D eigenvalue weighted by Gasteiger charge is 2.27. The number of aliphatic hydroxyl groups is 1. The van der Waals surface area contributed by atoms with Crippen LogP contribution in [0.1, 0.15) is 42.6 Å². The van der Waals surface area contributed by atoms with E-state index in [1.807, 2.05) is 4.90 Å². The minimum atomic E-state index is -0.985. The molecule has 31 heavy (non-hydrogen) atoms. The van der Waals surface area contributed by atoms with Crippen LogP contribution in [-0.2, 0) is 10.4 Å². The Balaban J connectivity index is 1.60. The number of nitrogens with one attached hydrogen (secondary N) is 1. The van der Waals surface area contributed by atoms with E-state index in [4.69, 9.17) is 0 Å². The second-order valence-electron chi connectivity index (χ2n) is 8.31. The number of carboxylic acids is 1. The summed E-state index contributed by atoms with van der Waals surface area (Å²) < 4.78 is 1.65. The maximum absolute atomic E-state index is 12.8. The van der Waals surface area contributed by atoms with Crippen LogP contribution in [0.5, 0.6) is 0 Å². The molecule has 0 radical (unpaired) electrons. The van der Waals surface area contributed by atoms with Gasteiger partial charge in [-0.2, -0.15) is 9.61 Å².